The molecule has 0 amide bonds. The standard InChI is InChI=1S/C15H16O4/c1-2-17-13-7-3-4-8-14(13)19-15(16)10-9-12-6-5-11-18-12/h3-8,11H,2,9-10H2,1H3. The van der Waals surface area contributed by atoms with Crippen LogP contribution in [-0.2, 0) is 11.2 Å². The maximum absolute atomic E-state index is 11.7. The highest BCUT2D eigenvalue weighted by atomic mass is 16.6. The summed E-state index contributed by atoms with van der Waals surface area (Å²) >= 11 is 0. The van der Waals surface area contributed by atoms with Gasteiger partial charge in [-0.05, 0) is 31.2 Å². The van der Waals surface area contributed by atoms with Crippen molar-refractivity contribution in [1.82, 2.24) is 0 Å². The van der Waals surface area contributed by atoms with Crippen molar-refractivity contribution in [2.24, 2.45) is 0 Å². The summed E-state index contributed by atoms with van der Waals surface area (Å²) in [6, 6.07) is 10.8. The highest BCUT2D eigenvalue weighted by Gasteiger charge is 2.10. The molecular formula is C15H16O4. The molecule has 100 valence electrons. The Morgan fingerprint density at radius 3 is 2.63 bits per heavy atom. The monoisotopic (exact) mass is 260 g/mol. The molecule has 1 aromatic heterocycles. The molecule has 0 saturated carbocycles. The van der Waals surface area contributed by atoms with Crippen molar-refractivity contribution in [1.29, 1.82) is 0 Å². The molecule has 0 saturated heterocycles. The molecule has 0 aliphatic carbocycles. The maximum Gasteiger partial charge on any atom is 0.311 e. The summed E-state index contributed by atoms with van der Waals surface area (Å²) in [6.07, 6.45) is 2.39. The molecular weight excluding hydrogens is 244 g/mol. The highest BCUT2D eigenvalue weighted by Crippen LogP contribution is 2.26. The number of hydrogen-bond acceptors (Lipinski definition) is 4. The van der Waals surface area contributed by atoms with Crippen molar-refractivity contribution in [3.05, 3.63) is 48.4 Å². The quantitative estimate of drug-likeness (QED) is 0.591. The third-order valence-electron chi connectivity index (χ3n) is 2.53. The molecule has 0 aliphatic rings. The SMILES string of the molecule is CCOc1ccccc1OC(=O)CCc1ccco1. The Morgan fingerprint density at radius 2 is 1.95 bits per heavy atom. The van der Waals surface area contributed by atoms with Crippen LogP contribution in [0.5, 0.6) is 11.5 Å². The summed E-state index contributed by atoms with van der Waals surface area (Å²) in [4.78, 5) is 11.7. The average Bonchev–Trinajstić information content (AvgIpc) is 2.92. The highest BCUT2D eigenvalue weighted by molar-refractivity contribution is 5.73. The second kappa shape index (κ2) is 6.64. The van der Waals surface area contributed by atoms with Crippen LogP contribution in [-0.4, -0.2) is 12.6 Å². The number of rotatable bonds is 6. The van der Waals surface area contributed by atoms with E-state index in [0.29, 0.717) is 24.5 Å². The zero-order valence-corrected chi connectivity index (χ0v) is 10.8. The largest absolute Gasteiger partial charge is 0.490 e. The third-order valence-corrected chi connectivity index (χ3v) is 2.53. The first-order chi connectivity index (χ1) is 9.29. The molecule has 0 N–H and O–H groups in total. The van der Waals surface area contributed by atoms with Gasteiger partial charge in [-0.15, -0.1) is 0 Å². The lowest BCUT2D eigenvalue weighted by atomic mass is 10.2. The van der Waals surface area contributed by atoms with E-state index in [1.54, 1.807) is 30.5 Å². The van der Waals surface area contributed by atoms with Crippen molar-refractivity contribution < 1.29 is 18.7 Å². The fourth-order valence-electron chi connectivity index (χ4n) is 1.66. The molecule has 4 nitrogen and oxygen atoms in total. The summed E-state index contributed by atoms with van der Waals surface area (Å²) in [5.41, 5.74) is 0. The van der Waals surface area contributed by atoms with E-state index in [2.05, 4.69) is 0 Å². The van der Waals surface area contributed by atoms with Crippen LogP contribution >= 0.6 is 0 Å². The molecule has 4 heteroatoms. The average molecular weight is 260 g/mol. The number of carbonyl (C=O) groups excluding carboxylic acids is 1. The molecule has 0 spiro atoms. The van der Waals surface area contributed by atoms with Gasteiger partial charge in [0.25, 0.3) is 0 Å². The fraction of sp³-hybridized carbons (Fsp3) is 0.267. The molecule has 1 heterocycles. The van der Waals surface area contributed by atoms with Crippen LogP contribution in [0, 0.1) is 0 Å². The van der Waals surface area contributed by atoms with Gasteiger partial charge in [-0.3, -0.25) is 4.79 Å². The molecule has 0 radical (unpaired) electrons. The minimum absolute atomic E-state index is 0.272. The molecule has 0 bridgehead atoms. The number of esters is 1. The van der Waals surface area contributed by atoms with E-state index in [1.165, 1.54) is 0 Å². The van der Waals surface area contributed by atoms with E-state index in [0.717, 1.165) is 5.76 Å². The summed E-state index contributed by atoms with van der Waals surface area (Å²) in [6.45, 7) is 2.41. The van der Waals surface area contributed by atoms with Gasteiger partial charge >= 0.3 is 5.97 Å². The lowest BCUT2D eigenvalue weighted by molar-refractivity contribution is -0.134. The first-order valence-corrected chi connectivity index (χ1v) is 6.24. The summed E-state index contributed by atoms with van der Waals surface area (Å²) in [7, 11) is 0. The van der Waals surface area contributed by atoms with Gasteiger partial charge in [-0.2, -0.15) is 0 Å². The van der Waals surface area contributed by atoms with Crippen LogP contribution in [0.3, 0.4) is 0 Å². The lowest BCUT2D eigenvalue weighted by Crippen LogP contribution is -2.10. The van der Waals surface area contributed by atoms with E-state index in [-0.39, 0.29) is 12.4 Å². The minimum atomic E-state index is -0.302. The van der Waals surface area contributed by atoms with Crippen molar-refractivity contribution in [3.63, 3.8) is 0 Å². The Balaban J connectivity index is 1.91. The molecule has 2 aromatic rings. The zero-order chi connectivity index (χ0) is 13.5. The van der Waals surface area contributed by atoms with Gasteiger partial charge in [-0.25, -0.2) is 0 Å². The number of hydrogen-bond donors (Lipinski definition) is 0. The van der Waals surface area contributed by atoms with Gasteiger partial charge in [0.15, 0.2) is 11.5 Å². The normalized spacial score (nSPS) is 10.2. The Kier molecular flexibility index (Phi) is 4.61. The topological polar surface area (TPSA) is 48.7 Å². The third kappa shape index (κ3) is 3.88. The molecule has 0 fully saturated rings. The predicted molar refractivity (Wildman–Crippen MR) is 70.3 cm³/mol. The van der Waals surface area contributed by atoms with Crippen LogP contribution in [0.4, 0.5) is 0 Å². The van der Waals surface area contributed by atoms with Gasteiger partial charge in [0.1, 0.15) is 5.76 Å². The first kappa shape index (κ1) is 13.2. The van der Waals surface area contributed by atoms with E-state index < -0.39 is 0 Å². The van der Waals surface area contributed by atoms with E-state index >= 15 is 0 Å². The second-order valence-corrected chi connectivity index (χ2v) is 3.93. The molecule has 0 unspecified atom stereocenters. The number of ether oxygens (including phenoxy) is 2. The van der Waals surface area contributed by atoms with Crippen molar-refractivity contribution >= 4 is 5.97 Å². The van der Waals surface area contributed by atoms with Gasteiger partial charge in [0.2, 0.25) is 0 Å². The summed E-state index contributed by atoms with van der Waals surface area (Å²) in [5.74, 6) is 1.50. The van der Waals surface area contributed by atoms with Crippen LogP contribution in [0.1, 0.15) is 19.1 Å². The smallest absolute Gasteiger partial charge is 0.311 e. The first-order valence-electron chi connectivity index (χ1n) is 6.24. The lowest BCUT2D eigenvalue weighted by Gasteiger charge is -2.09. The Morgan fingerprint density at radius 1 is 1.16 bits per heavy atom. The van der Waals surface area contributed by atoms with E-state index in [4.69, 9.17) is 13.9 Å². The molecule has 0 aliphatic heterocycles. The Hall–Kier alpha value is -2.23. The summed E-state index contributed by atoms with van der Waals surface area (Å²) in [5, 5.41) is 0. The molecule has 2 rings (SSSR count). The van der Waals surface area contributed by atoms with Gasteiger partial charge in [0, 0.05) is 6.42 Å². The number of carbonyl (C=O) groups is 1. The van der Waals surface area contributed by atoms with Crippen LogP contribution < -0.4 is 9.47 Å². The second-order valence-electron chi connectivity index (χ2n) is 3.93. The zero-order valence-electron chi connectivity index (χ0n) is 10.8. The number of para-hydroxylation sites is 2. The fourth-order valence-corrected chi connectivity index (χ4v) is 1.66. The van der Waals surface area contributed by atoms with E-state index in [9.17, 15) is 4.79 Å². The van der Waals surface area contributed by atoms with E-state index in [1.807, 2.05) is 19.1 Å². The van der Waals surface area contributed by atoms with Crippen molar-refractivity contribution in [2.45, 2.75) is 19.8 Å². The number of aryl methyl sites for hydroxylation is 1. The van der Waals surface area contributed by atoms with Gasteiger partial charge < -0.3 is 13.9 Å². The van der Waals surface area contributed by atoms with Crippen LogP contribution in [0.2, 0.25) is 0 Å². The summed E-state index contributed by atoms with van der Waals surface area (Å²) < 4.78 is 15.8. The maximum atomic E-state index is 11.7. The molecule has 0 atom stereocenters. The minimum Gasteiger partial charge on any atom is -0.490 e. The van der Waals surface area contributed by atoms with Crippen LogP contribution in [0.25, 0.3) is 0 Å². The van der Waals surface area contributed by atoms with Crippen molar-refractivity contribution in [2.75, 3.05) is 6.61 Å². The Labute approximate surface area is 111 Å². The van der Waals surface area contributed by atoms with Crippen LogP contribution in [0.15, 0.2) is 47.1 Å². The molecule has 19 heavy (non-hydrogen) atoms. The number of furan rings is 1. The molecule has 1 aromatic carbocycles. The number of benzene rings is 1. The van der Waals surface area contributed by atoms with Gasteiger partial charge in [0.05, 0.1) is 19.3 Å². The predicted octanol–water partition coefficient (Wildman–Crippen LogP) is 3.22. The Bertz CT molecular complexity index is 517. The van der Waals surface area contributed by atoms with Gasteiger partial charge in [-0.1, -0.05) is 12.1 Å². The van der Waals surface area contributed by atoms with Crippen molar-refractivity contribution in [3.8, 4) is 11.5 Å².